The highest BCUT2D eigenvalue weighted by Gasteiger charge is 2.40. The number of unbranched alkanes of at least 4 members (excludes halogenated alkanes) is 8. The van der Waals surface area contributed by atoms with E-state index in [-0.39, 0.29) is 5.78 Å². The van der Waals surface area contributed by atoms with E-state index in [2.05, 4.69) is 6.92 Å². The molecule has 0 aromatic carbocycles. The Morgan fingerprint density at radius 2 is 1.43 bits per heavy atom. The van der Waals surface area contributed by atoms with Gasteiger partial charge in [0.15, 0.2) is 0 Å². The number of rotatable bonds is 17. The van der Waals surface area contributed by atoms with Crippen LogP contribution >= 0.6 is 12.2 Å². The molecule has 136 valence electrons. The number of carbonyl (C=O) groups is 1. The molecule has 0 aromatic heterocycles. The van der Waals surface area contributed by atoms with Gasteiger partial charge in [-0.05, 0) is 18.6 Å². The Labute approximate surface area is 148 Å². The van der Waals surface area contributed by atoms with Crippen molar-refractivity contribution in [3.8, 4) is 0 Å². The van der Waals surface area contributed by atoms with E-state index in [1.807, 2.05) is 0 Å². The summed E-state index contributed by atoms with van der Waals surface area (Å²) in [5.41, 5.74) is 1.17. The molecule has 0 saturated heterocycles. The lowest BCUT2D eigenvalue weighted by molar-refractivity contribution is -0.119. The first-order valence-electron chi connectivity index (χ1n) is 8.87. The molecule has 23 heavy (non-hydrogen) atoms. The Kier molecular flexibility index (Phi) is 15.0. The first kappa shape index (κ1) is 22.7. The minimum atomic E-state index is -2.76. The van der Waals surface area contributed by atoms with Crippen molar-refractivity contribution in [3.63, 3.8) is 0 Å². The quantitative estimate of drug-likeness (QED) is 0.205. The molecule has 0 amide bonds. The molecule has 0 unspecified atom stereocenters. The van der Waals surface area contributed by atoms with Crippen molar-refractivity contribution < 1.29 is 18.1 Å². The monoisotopic (exact) mass is 362 g/mol. The standard InChI is InChI=1S/C17H34O4SSi/c1-4-5-6-7-8-9-10-11-12-13-17(18)14-15-23(19-2,20-3)21-16-22/h16H,4-15H2,1-3H3. The highest BCUT2D eigenvalue weighted by atomic mass is 32.1. The predicted molar refractivity (Wildman–Crippen MR) is 101 cm³/mol. The Balaban J connectivity index is 3.65. The second-order valence-corrected chi connectivity index (χ2v) is 9.03. The van der Waals surface area contributed by atoms with Crippen LogP contribution in [-0.2, 0) is 18.1 Å². The Hall–Kier alpha value is -0.303. The largest absolute Gasteiger partial charge is 0.566 e. The summed E-state index contributed by atoms with van der Waals surface area (Å²) in [7, 11) is 0.319. The van der Waals surface area contributed by atoms with E-state index in [0.29, 0.717) is 18.9 Å². The predicted octanol–water partition coefficient (Wildman–Crippen LogP) is 5.07. The van der Waals surface area contributed by atoms with Gasteiger partial charge in [-0.1, -0.05) is 58.3 Å². The zero-order valence-corrected chi connectivity index (χ0v) is 16.9. The van der Waals surface area contributed by atoms with E-state index in [1.54, 1.807) is 14.2 Å². The summed E-state index contributed by atoms with van der Waals surface area (Å²) in [6.45, 7) is 2.24. The summed E-state index contributed by atoms with van der Waals surface area (Å²) in [6, 6.07) is 0.489. The summed E-state index contributed by atoms with van der Waals surface area (Å²) in [5, 5.41) is 0. The molecular weight excluding hydrogens is 328 g/mol. The number of hydrogen-bond acceptors (Lipinski definition) is 5. The van der Waals surface area contributed by atoms with Gasteiger partial charge in [-0.15, -0.1) is 0 Å². The van der Waals surface area contributed by atoms with E-state index in [1.165, 1.54) is 50.5 Å². The van der Waals surface area contributed by atoms with Crippen LogP contribution in [-0.4, -0.2) is 34.4 Å². The van der Waals surface area contributed by atoms with E-state index in [9.17, 15) is 4.79 Å². The van der Waals surface area contributed by atoms with Crippen LogP contribution in [0.15, 0.2) is 0 Å². The average molecular weight is 363 g/mol. The van der Waals surface area contributed by atoms with Crippen molar-refractivity contribution in [2.45, 2.75) is 83.6 Å². The first-order chi connectivity index (χ1) is 11.1. The van der Waals surface area contributed by atoms with Crippen molar-refractivity contribution in [3.05, 3.63) is 0 Å². The normalized spacial score (nSPS) is 11.4. The fourth-order valence-electron chi connectivity index (χ4n) is 2.57. The molecule has 0 rings (SSSR count). The van der Waals surface area contributed by atoms with Crippen LogP contribution in [0.1, 0.15) is 77.6 Å². The molecule has 0 aliphatic rings. The molecule has 0 aliphatic heterocycles. The van der Waals surface area contributed by atoms with Gasteiger partial charge in [0.2, 0.25) is 0 Å². The number of thiocarbonyl (C=S) groups is 1. The second-order valence-electron chi connectivity index (χ2n) is 5.92. The second kappa shape index (κ2) is 15.2. The van der Waals surface area contributed by atoms with Crippen LogP contribution < -0.4 is 0 Å². The van der Waals surface area contributed by atoms with Crippen molar-refractivity contribution >= 4 is 32.4 Å². The van der Waals surface area contributed by atoms with E-state index >= 15 is 0 Å². The molecule has 0 bridgehead atoms. The lowest BCUT2D eigenvalue weighted by atomic mass is 10.1. The smallest absolute Gasteiger partial charge is 0.498 e. The molecule has 0 N–H and O–H groups in total. The van der Waals surface area contributed by atoms with Gasteiger partial charge < -0.3 is 13.3 Å². The molecule has 0 aliphatic carbocycles. The third-order valence-corrected chi connectivity index (χ3v) is 6.97. The number of carbonyl (C=O) groups excluding carboxylic acids is 1. The van der Waals surface area contributed by atoms with Gasteiger partial charge in [0, 0.05) is 33.1 Å². The maximum absolute atomic E-state index is 12.0. The zero-order valence-electron chi connectivity index (χ0n) is 15.1. The van der Waals surface area contributed by atoms with Crippen LogP contribution in [0.3, 0.4) is 0 Å². The van der Waals surface area contributed by atoms with Gasteiger partial charge in [-0.3, -0.25) is 4.79 Å². The molecule has 0 atom stereocenters. The van der Waals surface area contributed by atoms with Gasteiger partial charge in [0.05, 0.1) is 0 Å². The number of hydrogen-bond donors (Lipinski definition) is 0. The average Bonchev–Trinajstić information content (AvgIpc) is 2.57. The minimum absolute atomic E-state index is 0.256. The number of ketones is 1. The zero-order chi connectivity index (χ0) is 17.4. The molecule has 6 heteroatoms. The third kappa shape index (κ3) is 11.8. The topological polar surface area (TPSA) is 44.8 Å². The van der Waals surface area contributed by atoms with Crippen molar-refractivity contribution in [1.29, 1.82) is 0 Å². The SMILES string of the molecule is CCCCCCCCCCCC(=O)CC[Si](OC)(OC)OC=S. The molecule has 0 heterocycles. The maximum atomic E-state index is 12.0. The fraction of sp³-hybridized carbons (Fsp3) is 0.882. The molecule has 0 fully saturated rings. The van der Waals surface area contributed by atoms with Gasteiger partial charge in [-0.25, -0.2) is 0 Å². The van der Waals surface area contributed by atoms with Crippen LogP contribution in [0.4, 0.5) is 0 Å². The van der Waals surface area contributed by atoms with Crippen LogP contribution in [0.2, 0.25) is 6.04 Å². The van der Waals surface area contributed by atoms with E-state index < -0.39 is 8.80 Å². The fourth-order valence-corrected chi connectivity index (χ4v) is 4.62. The lowest BCUT2D eigenvalue weighted by Crippen LogP contribution is -2.43. The highest BCUT2D eigenvalue weighted by molar-refractivity contribution is 7.78. The van der Waals surface area contributed by atoms with Gasteiger partial charge in [-0.2, -0.15) is 0 Å². The minimum Gasteiger partial charge on any atom is -0.498 e. The van der Waals surface area contributed by atoms with Crippen LogP contribution in [0, 0.1) is 0 Å². The van der Waals surface area contributed by atoms with Gasteiger partial charge in [0.25, 0.3) is 0 Å². The molecule has 4 nitrogen and oxygen atoms in total. The summed E-state index contributed by atoms with van der Waals surface area (Å²) in [6.07, 6.45) is 12.5. The number of Topliss-reactive ketones (excluding diaryl/α,β-unsaturated/α-hetero) is 1. The summed E-state index contributed by atoms with van der Waals surface area (Å²) >= 11 is 4.70. The van der Waals surface area contributed by atoms with Gasteiger partial charge >= 0.3 is 8.80 Å². The van der Waals surface area contributed by atoms with Crippen LogP contribution in [0.5, 0.6) is 0 Å². The Morgan fingerprint density at radius 3 is 1.91 bits per heavy atom. The Morgan fingerprint density at radius 1 is 0.913 bits per heavy atom. The lowest BCUT2D eigenvalue weighted by Gasteiger charge is -2.23. The molecule has 0 radical (unpaired) electrons. The first-order valence-corrected chi connectivity index (χ1v) is 11.3. The Bertz CT molecular complexity index is 309. The summed E-state index contributed by atoms with van der Waals surface area (Å²) in [5.74, 6) is 0.256. The highest BCUT2D eigenvalue weighted by Crippen LogP contribution is 2.17. The maximum Gasteiger partial charge on any atom is 0.566 e. The van der Waals surface area contributed by atoms with Crippen molar-refractivity contribution in [2.75, 3.05) is 14.2 Å². The third-order valence-electron chi connectivity index (χ3n) is 4.12. The van der Waals surface area contributed by atoms with Gasteiger partial charge in [0.1, 0.15) is 11.3 Å². The van der Waals surface area contributed by atoms with Crippen molar-refractivity contribution in [2.24, 2.45) is 0 Å². The summed E-state index contributed by atoms with van der Waals surface area (Å²) < 4.78 is 15.9. The van der Waals surface area contributed by atoms with Crippen LogP contribution in [0.25, 0.3) is 0 Å². The molecule has 0 saturated carbocycles. The molecule has 0 spiro atoms. The molecule has 0 aromatic rings. The van der Waals surface area contributed by atoms with Crippen molar-refractivity contribution in [1.82, 2.24) is 0 Å². The van der Waals surface area contributed by atoms with E-state index in [0.717, 1.165) is 12.8 Å². The summed E-state index contributed by atoms with van der Waals surface area (Å²) in [4.78, 5) is 12.0. The van der Waals surface area contributed by atoms with E-state index in [4.69, 9.17) is 25.5 Å². The molecular formula is C17H34O4SSi.